The molecule has 0 spiro atoms. The Kier molecular flexibility index (Phi) is 5.38. The number of amides is 1. The van der Waals surface area contributed by atoms with Crippen LogP contribution >= 0.6 is 0 Å². The standard InChI is InChI=1S/C11H19N5O/c1-16(2)7-3-5-14-11(17)10-8-9(15-12)4-6-13-10/h4,6,8H,3,5,7,12H2,1-2H3,(H,13,15)(H,14,17). The summed E-state index contributed by atoms with van der Waals surface area (Å²) in [5.74, 6) is 5.08. The molecule has 94 valence electrons. The summed E-state index contributed by atoms with van der Waals surface area (Å²) in [6.07, 6.45) is 2.46. The summed E-state index contributed by atoms with van der Waals surface area (Å²) in [4.78, 5) is 17.8. The summed E-state index contributed by atoms with van der Waals surface area (Å²) < 4.78 is 0. The van der Waals surface area contributed by atoms with E-state index in [4.69, 9.17) is 5.84 Å². The first-order valence-electron chi connectivity index (χ1n) is 5.49. The van der Waals surface area contributed by atoms with Crippen molar-refractivity contribution in [3.05, 3.63) is 24.0 Å². The first-order valence-corrected chi connectivity index (χ1v) is 5.49. The molecule has 1 rings (SSSR count). The van der Waals surface area contributed by atoms with Crippen LogP contribution in [0.25, 0.3) is 0 Å². The number of hydrogen-bond donors (Lipinski definition) is 3. The number of carbonyl (C=O) groups excluding carboxylic acids is 1. The molecule has 0 saturated carbocycles. The third-order valence-electron chi connectivity index (χ3n) is 2.23. The molecule has 0 radical (unpaired) electrons. The van der Waals surface area contributed by atoms with Crippen molar-refractivity contribution in [1.29, 1.82) is 0 Å². The number of pyridine rings is 1. The van der Waals surface area contributed by atoms with Crippen LogP contribution < -0.4 is 16.6 Å². The molecule has 1 aromatic heterocycles. The zero-order chi connectivity index (χ0) is 12.7. The maximum absolute atomic E-state index is 11.7. The van der Waals surface area contributed by atoms with Crippen molar-refractivity contribution in [3.63, 3.8) is 0 Å². The van der Waals surface area contributed by atoms with E-state index < -0.39 is 0 Å². The van der Waals surface area contributed by atoms with E-state index in [9.17, 15) is 4.79 Å². The highest BCUT2D eigenvalue weighted by molar-refractivity contribution is 5.93. The fraction of sp³-hybridized carbons (Fsp3) is 0.455. The van der Waals surface area contributed by atoms with Crippen LogP contribution in [0.15, 0.2) is 18.3 Å². The number of hydrogen-bond acceptors (Lipinski definition) is 5. The normalized spacial score (nSPS) is 10.4. The molecule has 1 amide bonds. The Hall–Kier alpha value is -1.66. The van der Waals surface area contributed by atoms with Crippen LogP contribution in [0.4, 0.5) is 5.69 Å². The van der Waals surface area contributed by atoms with Gasteiger partial charge in [0.05, 0.1) is 5.69 Å². The van der Waals surface area contributed by atoms with Gasteiger partial charge in [-0.15, -0.1) is 0 Å². The third kappa shape index (κ3) is 4.80. The molecule has 0 aliphatic carbocycles. The Morgan fingerprint density at radius 1 is 1.53 bits per heavy atom. The number of nitrogen functional groups attached to an aromatic ring is 1. The molecule has 6 heteroatoms. The number of hydrazine groups is 1. The molecular formula is C11H19N5O. The average molecular weight is 237 g/mol. The SMILES string of the molecule is CN(C)CCCNC(=O)c1cc(NN)ccn1. The van der Waals surface area contributed by atoms with Crippen molar-refractivity contribution in [3.8, 4) is 0 Å². The van der Waals surface area contributed by atoms with Crippen LogP contribution in [0.2, 0.25) is 0 Å². The van der Waals surface area contributed by atoms with Crippen molar-refractivity contribution in [2.75, 3.05) is 32.6 Å². The number of anilines is 1. The fourth-order valence-corrected chi connectivity index (χ4v) is 1.33. The maximum atomic E-state index is 11.7. The van der Waals surface area contributed by atoms with Gasteiger partial charge in [-0.2, -0.15) is 0 Å². The quantitative estimate of drug-likeness (QED) is 0.370. The van der Waals surface area contributed by atoms with Crippen molar-refractivity contribution >= 4 is 11.6 Å². The summed E-state index contributed by atoms with van der Waals surface area (Å²) in [6.45, 7) is 1.58. The van der Waals surface area contributed by atoms with E-state index in [1.54, 1.807) is 18.3 Å². The van der Waals surface area contributed by atoms with Gasteiger partial charge in [0.25, 0.3) is 5.91 Å². The maximum Gasteiger partial charge on any atom is 0.269 e. The second-order valence-corrected chi connectivity index (χ2v) is 3.99. The van der Waals surface area contributed by atoms with Crippen molar-refractivity contribution < 1.29 is 4.79 Å². The lowest BCUT2D eigenvalue weighted by Crippen LogP contribution is -2.27. The summed E-state index contributed by atoms with van der Waals surface area (Å²) in [5, 5.41) is 2.81. The Bertz CT molecular complexity index is 367. The predicted molar refractivity (Wildman–Crippen MR) is 67.6 cm³/mol. The van der Waals surface area contributed by atoms with E-state index in [0.29, 0.717) is 17.9 Å². The average Bonchev–Trinajstić information content (AvgIpc) is 2.34. The molecule has 1 aromatic rings. The Labute approximate surface area is 101 Å². The van der Waals surface area contributed by atoms with E-state index >= 15 is 0 Å². The summed E-state index contributed by atoms with van der Waals surface area (Å²) >= 11 is 0. The van der Waals surface area contributed by atoms with Gasteiger partial charge in [-0.25, -0.2) is 0 Å². The number of nitrogens with one attached hydrogen (secondary N) is 2. The van der Waals surface area contributed by atoms with Gasteiger partial charge in [-0.05, 0) is 39.2 Å². The van der Waals surface area contributed by atoms with Crippen molar-refractivity contribution in [2.24, 2.45) is 5.84 Å². The molecule has 0 saturated heterocycles. The van der Waals surface area contributed by atoms with E-state index in [2.05, 4.69) is 20.6 Å². The van der Waals surface area contributed by atoms with E-state index in [1.165, 1.54) is 0 Å². The molecule has 0 aromatic carbocycles. The van der Waals surface area contributed by atoms with Crippen LogP contribution in [0.3, 0.4) is 0 Å². The summed E-state index contributed by atoms with van der Waals surface area (Å²) in [7, 11) is 4.00. The van der Waals surface area contributed by atoms with Crippen LogP contribution in [-0.2, 0) is 0 Å². The van der Waals surface area contributed by atoms with Crippen LogP contribution in [0.1, 0.15) is 16.9 Å². The predicted octanol–water partition coefficient (Wildman–Crippen LogP) is 0.0487. The molecule has 0 aliphatic heterocycles. The molecule has 17 heavy (non-hydrogen) atoms. The fourth-order valence-electron chi connectivity index (χ4n) is 1.33. The molecule has 0 fully saturated rings. The minimum Gasteiger partial charge on any atom is -0.351 e. The lowest BCUT2D eigenvalue weighted by atomic mass is 10.3. The van der Waals surface area contributed by atoms with Gasteiger partial charge in [0.1, 0.15) is 5.69 Å². The number of carbonyl (C=O) groups is 1. The van der Waals surface area contributed by atoms with Crippen LogP contribution in [0, 0.1) is 0 Å². The van der Waals surface area contributed by atoms with E-state index in [-0.39, 0.29) is 5.91 Å². The van der Waals surface area contributed by atoms with Gasteiger partial charge in [0, 0.05) is 12.7 Å². The van der Waals surface area contributed by atoms with Crippen LogP contribution in [0.5, 0.6) is 0 Å². The van der Waals surface area contributed by atoms with E-state index in [1.807, 2.05) is 14.1 Å². The van der Waals surface area contributed by atoms with E-state index in [0.717, 1.165) is 13.0 Å². The summed E-state index contributed by atoms with van der Waals surface area (Å²) in [6, 6.07) is 3.31. The van der Waals surface area contributed by atoms with Gasteiger partial charge >= 0.3 is 0 Å². The van der Waals surface area contributed by atoms with Crippen molar-refractivity contribution in [1.82, 2.24) is 15.2 Å². The molecule has 6 nitrogen and oxygen atoms in total. The van der Waals surface area contributed by atoms with Crippen LogP contribution in [-0.4, -0.2) is 43.0 Å². The molecule has 0 atom stereocenters. The highest BCUT2D eigenvalue weighted by atomic mass is 16.1. The second kappa shape index (κ2) is 6.82. The monoisotopic (exact) mass is 237 g/mol. The van der Waals surface area contributed by atoms with Gasteiger partial charge in [0.15, 0.2) is 0 Å². The Morgan fingerprint density at radius 3 is 2.94 bits per heavy atom. The number of aromatic nitrogens is 1. The number of rotatable bonds is 6. The smallest absolute Gasteiger partial charge is 0.269 e. The zero-order valence-electron chi connectivity index (χ0n) is 10.2. The Morgan fingerprint density at radius 2 is 2.29 bits per heavy atom. The number of nitrogens with two attached hydrogens (primary N) is 1. The zero-order valence-corrected chi connectivity index (χ0v) is 10.2. The molecule has 0 unspecified atom stereocenters. The van der Waals surface area contributed by atoms with Gasteiger partial charge in [-0.1, -0.05) is 0 Å². The minimum absolute atomic E-state index is 0.180. The topological polar surface area (TPSA) is 83.3 Å². The Balaban J connectivity index is 2.41. The highest BCUT2D eigenvalue weighted by Crippen LogP contribution is 2.05. The molecule has 0 aliphatic rings. The molecule has 4 N–H and O–H groups in total. The van der Waals surface area contributed by atoms with Gasteiger partial charge < -0.3 is 15.6 Å². The molecule has 0 bridgehead atoms. The lowest BCUT2D eigenvalue weighted by Gasteiger charge is -2.09. The van der Waals surface area contributed by atoms with Crippen molar-refractivity contribution in [2.45, 2.75) is 6.42 Å². The largest absolute Gasteiger partial charge is 0.351 e. The van der Waals surface area contributed by atoms with Gasteiger partial charge in [-0.3, -0.25) is 15.6 Å². The third-order valence-corrected chi connectivity index (χ3v) is 2.23. The first-order chi connectivity index (χ1) is 8.13. The lowest BCUT2D eigenvalue weighted by molar-refractivity contribution is 0.0947. The highest BCUT2D eigenvalue weighted by Gasteiger charge is 2.06. The first kappa shape index (κ1) is 13.4. The molecular weight excluding hydrogens is 218 g/mol. The minimum atomic E-state index is -0.180. The second-order valence-electron chi connectivity index (χ2n) is 3.99. The van der Waals surface area contributed by atoms with Gasteiger partial charge in [0.2, 0.25) is 0 Å². The summed E-state index contributed by atoms with van der Waals surface area (Å²) in [5.41, 5.74) is 3.51. The molecule has 1 heterocycles. The number of nitrogens with zero attached hydrogens (tertiary/aromatic N) is 2.